The Kier molecular flexibility index (Phi) is 19.8. The van der Waals surface area contributed by atoms with Crippen LogP contribution < -0.4 is 0 Å². The van der Waals surface area contributed by atoms with E-state index in [2.05, 4.69) is 71.6 Å². The molecular weight excluding hydrogens is 812 g/mol. The fourth-order valence-corrected chi connectivity index (χ4v) is 3.49. The molecule has 5 aromatic carbocycles. The summed E-state index contributed by atoms with van der Waals surface area (Å²) in [5.74, 6) is 26.3. The third-order valence-electron chi connectivity index (χ3n) is 5.38. The summed E-state index contributed by atoms with van der Waals surface area (Å²) in [7, 11) is 0. The van der Waals surface area contributed by atoms with E-state index in [0.717, 1.165) is 44.5 Å². The molecule has 5 aromatic rings. The van der Waals surface area contributed by atoms with Crippen LogP contribution in [0.3, 0.4) is 0 Å². The quantitative estimate of drug-likeness (QED) is 0.124. The fraction of sp³-hybridized carbons (Fsp3) is 0. The first-order valence-electron chi connectivity index (χ1n) is 11.9. The molecule has 0 aliphatic heterocycles. The molecule has 0 saturated heterocycles. The van der Waals surface area contributed by atoms with Gasteiger partial charge in [-0.2, -0.15) is 121 Å². The third-order valence-corrected chi connectivity index (χ3v) is 5.38. The number of benzene rings is 5. The first kappa shape index (κ1) is 38.8. The first-order valence-corrected chi connectivity index (χ1v) is 11.9. The summed E-state index contributed by atoms with van der Waals surface area (Å²) in [6, 6.07) is 46.4. The topological polar surface area (TPSA) is 0 Å². The van der Waals surface area contributed by atoms with Crippen LogP contribution in [0.2, 0.25) is 0 Å². The smallest absolute Gasteiger partial charge is 0.0562 e. The molecular formula is C38H18Y4-4. The van der Waals surface area contributed by atoms with Gasteiger partial charge in [0.2, 0.25) is 0 Å². The maximum Gasteiger partial charge on any atom is 0.0562 e. The Bertz CT molecular complexity index is 1720. The zero-order valence-corrected chi connectivity index (χ0v) is 34.1. The molecule has 0 unspecified atom stereocenters. The molecule has 0 aromatic heterocycles. The van der Waals surface area contributed by atoms with E-state index in [9.17, 15) is 0 Å². The Morgan fingerprint density at radius 1 is 0.310 bits per heavy atom. The van der Waals surface area contributed by atoms with Crippen LogP contribution in [0.25, 0.3) is 0 Å². The average molecular weight is 830 g/mol. The summed E-state index contributed by atoms with van der Waals surface area (Å²) in [4.78, 5) is 0. The van der Waals surface area contributed by atoms with Crippen molar-refractivity contribution in [2.75, 3.05) is 0 Å². The molecule has 0 aliphatic rings. The van der Waals surface area contributed by atoms with Crippen LogP contribution in [0, 0.1) is 71.6 Å². The maximum atomic E-state index is 3.34. The Morgan fingerprint density at radius 2 is 0.571 bits per heavy atom. The van der Waals surface area contributed by atoms with Gasteiger partial charge in [0, 0.05) is 148 Å². The summed E-state index contributed by atoms with van der Waals surface area (Å²) >= 11 is 0. The third kappa shape index (κ3) is 12.4. The zero-order chi connectivity index (χ0) is 25.8. The number of rotatable bonds is 0. The van der Waals surface area contributed by atoms with Crippen molar-refractivity contribution in [2.24, 2.45) is 0 Å². The minimum absolute atomic E-state index is 0. The fourth-order valence-electron chi connectivity index (χ4n) is 3.49. The Morgan fingerprint density at radius 3 is 0.905 bits per heavy atom. The SMILES string of the molecule is C(#Cc1cc(C#Cc2cc[c-]cc2)c(C#Cc2cc[c-]cc2)c(C#Cc2cc[c-]cc2)c1)c1cc[c-]cc1.[Y].[Y].[Y].[Y]. The van der Waals surface area contributed by atoms with Crippen molar-refractivity contribution in [3.8, 4) is 47.4 Å². The predicted molar refractivity (Wildman–Crippen MR) is 151 cm³/mol. The minimum Gasteiger partial charge on any atom is -0.184 e. The average Bonchev–Trinajstić information content (AvgIpc) is 2.99. The standard InChI is InChI=1S/C38H18.4Y/c1-5-13-31(14-6-1)21-22-35-29-36(26-23-32-15-7-2-8-16-32)38(28-25-34-19-11-4-12-20-34)37(30-35)27-24-33-17-9-3-10-18-33;;;;/h5-20,29-30H;;;;/q-4;;;;. The van der Waals surface area contributed by atoms with Crippen molar-refractivity contribution in [2.45, 2.75) is 0 Å². The Balaban J connectivity index is 0.00000220. The van der Waals surface area contributed by atoms with E-state index in [-0.39, 0.29) is 131 Å². The maximum absolute atomic E-state index is 3.34. The van der Waals surface area contributed by atoms with Gasteiger partial charge < -0.3 is 0 Å². The van der Waals surface area contributed by atoms with Gasteiger partial charge in [-0.05, 0) is 12.1 Å². The van der Waals surface area contributed by atoms with Gasteiger partial charge in [-0.1, -0.05) is 69.6 Å². The van der Waals surface area contributed by atoms with Crippen molar-refractivity contribution in [1.82, 2.24) is 0 Å². The molecule has 0 heterocycles. The van der Waals surface area contributed by atoms with Gasteiger partial charge in [0.1, 0.15) is 0 Å². The molecule has 0 nitrogen and oxygen atoms in total. The molecule has 0 aliphatic carbocycles. The van der Waals surface area contributed by atoms with Crippen LogP contribution >= 0.6 is 0 Å². The van der Waals surface area contributed by atoms with Crippen LogP contribution in [0.15, 0.2) is 109 Å². The van der Waals surface area contributed by atoms with Gasteiger partial charge in [0.25, 0.3) is 0 Å². The van der Waals surface area contributed by atoms with E-state index in [1.54, 1.807) is 0 Å². The second-order valence-corrected chi connectivity index (χ2v) is 8.10. The van der Waals surface area contributed by atoms with E-state index in [1.165, 1.54) is 0 Å². The van der Waals surface area contributed by atoms with Gasteiger partial charge in [-0.3, -0.25) is 0 Å². The van der Waals surface area contributed by atoms with Crippen molar-refractivity contribution in [3.05, 3.63) is 178 Å². The first-order chi connectivity index (χ1) is 18.8. The molecule has 4 radical (unpaired) electrons. The molecule has 0 spiro atoms. The number of hydrogen-bond donors (Lipinski definition) is 0. The molecule has 0 fully saturated rings. The minimum atomic E-state index is 0. The summed E-state index contributed by atoms with van der Waals surface area (Å²) in [5.41, 5.74) is 6.71. The van der Waals surface area contributed by atoms with Crippen molar-refractivity contribution in [1.29, 1.82) is 0 Å². The normalized spacial score (nSPS) is 8.38. The van der Waals surface area contributed by atoms with E-state index < -0.39 is 0 Å². The monoisotopic (exact) mass is 830 g/mol. The molecule has 5 rings (SSSR count). The molecule has 0 amide bonds. The van der Waals surface area contributed by atoms with Crippen LogP contribution in [-0.4, -0.2) is 0 Å². The largest absolute Gasteiger partial charge is 0.184 e. The van der Waals surface area contributed by atoms with Crippen LogP contribution in [0.1, 0.15) is 44.5 Å². The van der Waals surface area contributed by atoms with Crippen LogP contribution in [-0.2, 0) is 131 Å². The number of hydrogen-bond acceptors (Lipinski definition) is 0. The molecule has 186 valence electrons. The Hall–Kier alpha value is -1.24. The van der Waals surface area contributed by atoms with Crippen molar-refractivity contribution < 1.29 is 131 Å². The molecule has 42 heavy (non-hydrogen) atoms. The Labute approximate surface area is 350 Å². The summed E-state index contributed by atoms with van der Waals surface area (Å²) in [5, 5.41) is 0. The van der Waals surface area contributed by atoms with Crippen molar-refractivity contribution >= 4 is 0 Å². The predicted octanol–water partition coefficient (Wildman–Crippen LogP) is 6.48. The van der Waals surface area contributed by atoms with Gasteiger partial charge in [-0.15, -0.1) is 0 Å². The van der Waals surface area contributed by atoms with Crippen molar-refractivity contribution in [3.63, 3.8) is 0 Å². The van der Waals surface area contributed by atoms with Crippen LogP contribution in [0.4, 0.5) is 0 Å². The summed E-state index contributed by atoms with van der Waals surface area (Å²) < 4.78 is 0. The van der Waals surface area contributed by atoms with E-state index in [0.29, 0.717) is 0 Å². The molecule has 0 atom stereocenters. The summed E-state index contributed by atoms with van der Waals surface area (Å²) in [6.45, 7) is 0. The van der Waals surface area contributed by atoms with Gasteiger partial charge in [0.15, 0.2) is 0 Å². The van der Waals surface area contributed by atoms with E-state index in [4.69, 9.17) is 0 Å². The van der Waals surface area contributed by atoms with E-state index in [1.807, 2.05) is 109 Å². The second kappa shape index (κ2) is 21.5. The molecule has 4 heteroatoms. The summed E-state index contributed by atoms with van der Waals surface area (Å²) in [6.07, 6.45) is 0. The van der Waals surface area contributed by atoms with E-state index >= 15 is 0 Å². The molecule has 0 N–H and O–H groups in total. The second-order valence-electron chi connectivity index (χ2n) is 8.10. The van der Waals surface area contributed by atoms with Gasteiger partial charge >= 0.3 is 0 Å². The molecule has 0 saturated carbocycles. The van der Waals surface area contributed by atoms with Crippen LogP contribution in [0.5, 0.6) is 0 Å². The van der Waals surface area contributed by atoms with Gasteiger partial charge in [0.05, 0.1) is 5.56 Å². The molecule has 0 bridgehead atoms. The van der Waals surface area contributed by atoms with Gasteiger partial charge in [-0.25, -0.2) is 0 Å². The zero-order valence-electron chi connectivity index (χ0n) is 22.7.